The lowest BCUT2D eigenvalue weighted by Gasteiger charge is -2.06. The molecule has 3 aromatic rings. The van der Waals surface area contributed by atoms with Crippen molar-refractivity contribution >= 4 is 50.9 Å². The van der Waals surface area contributed by atoms with Crippen LogP contribution in [0.15, 0.2) is 35.1 Å². The Morgan fingerprint density at radius 2 is 2.00 bits per heavy atom. The lowest BCUT2D eigenvalue weighted by molar-refractivity contribution is 0.102. The summed E-state index contributed by atoms with van der Waals surface area (Å²) in [4.78, 5) is 12.4. The molecule has 0 spiro atoms. The lowest BCUT2D eigenvalue weighted by Crippen LogP contribution is -2.15. The first-order valence-electron chi connectivity index (χ1n) is 7.59. The largest absolute Gasteiger partial charge is 0.302 e. The van der Waals surface area contributed by atoms with Crippen LogP contribution in [0, 0.1) is 5.82 Å². The summed E-state index contributed by atoms with van der Waals surface area (Å²) in [6.45, 7) is 2.62. The lowest BCUT2D eigenvalue weighted by atomic mass is 10.2. The van der Waals surface area contributed by atoms with Gasteiger partial charge in [0.1, 0.15) is 10.8 Å². The highest BCUT2D eigenvalue weighted by Crippen LogP contribution is 2.24. The van der Waals surface area contributed by atoms with Crippen LogP contribution in [0.3, 0.4) is 0 Å². The molecular formula is C16H13BrCl2FN5O. The Kier molecular flexibility index (Phi) is 5.64. The zero-order valence-corrected chi connectivity index (χ0v) is 16.6. The molecule has 0 fully saturated rings. The maximum Gasteiger partial charge on any atom is 0.278 e. The van der Waals surface area contributed by atoms with E-state index >= 15 is 0 Å². The van der Waals surface area contributed by atoms with Crippen LogP contribution in [0.4, 0.5) is 10.2 Å². The highest BCUT2D eigenvalue weighted by molar-refractivity contribution is 9.10. The molecule has 3 rings (SSSR count). The summed E-state index contributed by atoms with van der Waals surface area (Å²) in [7, 11) is 0. The number of aryl methyl sites for hydroxylation is 1. The average Bonchev–Trinajstić information content (AvgIpc) is 3.14. The van der Waals surface area contributed by atoms with Crippen molar-refractivity contribution in [3.63, 3.8) is 0 Å². The summed E-state index contributed by atoms with van der Waals surface area (Å²) in [5, 5.41) is 11.5. The van der Waals surface area contributed by atoms with Gasteiger partial charge in [-0.25, -0.2) is 4.39 Å². The Balaban J connectivity index is 1.80. The Morgan fingerprint density at radius 3 is 2.65 bits per heavy atom. The van der Waals surface area contributed by atoms with Crippen LogP contribution in [-0.2, 0) is 13.1 Å². The van der Waals surface area contributed by atoms with Gasteiger partial charge in [-0.3, -0.25) is 14.2 Å². The summed E-state index contributed by atoms with van der Waals surface area (Å²) >= 11 is 15.5. The Labute approximate surface area is 167 Å². The predicted octanol–water partition coefficient (Wildman–Crippen LogP) is 4.61. The Morgan fingerprint density at radius 1 is 1.23 bits per heavy atom. The number of nitrogens with zero attached hydrogens (tertiary/aromatic N) is 4. The first-order chi connectivity index (χ1) is 12.4. The van der Waals surface area contributed by atoms with E-state index < -0.39 is 11.7 Å². The molecule has 1 amide bonds. The zero-order valence-electron chi connectivity index (χ0n) is 13.5. The summed E-state index contributed by atoms with van der Waals surface area (Å²) < 4.78 is 17.5. The number of carbonyl (C=O) groups excluding carboxylic acids is 1. The van der Waals surface area contributed by atoms with Gasteiger partial charge in [0.15, 0.2) is 11.5 Å². The second-order valence-electron chi connectivity index (χ2n) is 5.36. The van der Waals surface area contributed by atoms with Gasteiger partial charge < -0.3 is 5.32 Å². The maximum absolute atomic E-state index is 13.9. The molecule has 10 heteroatoms. The van der Waals surface area contributed by atoms with Crippen molar-refractivity contribution in [1.29, 1.82) is 0 Å². The van der Waals surface area contributed by atoms with Crippen molar-refractivity contribution in [2.75, 3.05) is 5.32 Å². The van der Waals surface area contributed by atoms with Gasteiger partial charge in [-0.15, -0.1) is 0 Å². The van der Waals surface area contributed by atoms with Crippen LogP contribution in [0.1, 0.15) is 23.0 Å². The molecule has 26 heavy (non-hydrogen) atoms. The maximum atomic E-state index is 13.9. The highest BCUT2D eigenvalue weighted by atomic mass is 79.9. The third-order valence-electron chi connectivity index (χ3n) is 3.59. The van der Waals surface area contributed by atoms with Crippen molar-refractivity contribution in [2.45, 2.75) is 20.0 Å². The molecule has 0 atom stereocenters. The molecule has 0 unspecified atom stereocenters. The second-order valence-corrected chi connectivity index (χ2v) is 7.03. The summed E-state index contributed by atoms with van der Waals surface area (Å²) in [5.74, 6) is -0.744. The summed E-state index contributed by atoms with van der Waals surface area (Å²) in [6.07, 6.45) is 3.19. The molecule has 0 bridgehead atoms. The van der Waals surface area contributed by atoms with Gasteiger partial charge in [-0.1, -0.05) is 29.3 Å². The van der Waals surface area contributed by atoms with Gasteiger partial charge in [0.05, 0.1) is 11.0 Å². The molecule has 0 aliphatic heterocycles. The van der Waals surface area contributed by atoms with Crippen molar-refractivity contribution < 1.29 is 9.18 Å². The van der Waals surface area contributed by atoms with E-state index in [9.17, 15) is 9.18 Å². The van der Waals surface area contributed by atoms with Crippen molar-refractivity contribution in [3.05, 3.63) is 62.2 Å². The van der Waals surface area contributed by atoms with E-state index in [2.05, 4.69) is 31.4 Å². The van der Waals surface area contributed by atoms with Gasteiger partial charge >= 0.3 is 0 Å². The van der Waals surface area contributed by atoms with Gasteiger partial charge in [0.25, 0.3) is 5.91 Å². The fraction of sp³-hybridized carbons (Fsp3) is 0.188. The van der Waals surface area contributed by atoms with Gasteiger partial charge in [-0.05, 0) is 35.0 Å². The molecule has 1 aromatic carbocycles. The highest BCUT2D eigenvalue weighted by Gasteiger charge is 2.18. The number of carbonyl (C=O) groups is 1. The van der Waals surface area contributed by atoms with Gasteiger partial charge in [0, 0.05) is 29.5 Å². The molecular weight excluding hydrogens is 448 g/mol. The molecule has 2 heterocycles. The normalized spacial score (nSPS) is 11.0. The van der Waals surface area contributed by atoms with Crippen LogP contribution in [0.2, 0.25) is 10.0 Å². The smallest absolute Gasteiger partial charge is 0.278 e. The fourth-order valence-corrected chi connectivity index (χ4v) is 3.20. The molecule has 0 radical (unpaired) electrons. The molecule has 6 nitrogen and oxygen atoms in total. The molecule has 0 saturated heterocycles. The van der Waals surface area contributed by atoms with Crippen LogP contribution >= 0.6 is 39.1 Å². The number of nitrogens with one attached hydrogen (secondary N) is 1. The number of anilines is 1. The SMILES string of the molecule is CCn1cc(Br)c(C(=O)Nc2nn(Cc3c(F)cccc3Cl)cc2Cl)n1. The van der Waals surface area contributed by atoms with Crippen LogP contribution < -0.4 is 5.32 Å². The minimum absolute atomic E-state index is 0.0786. The van der Waals surface area contributed by atoms with E-state index in [4.69, 9.17) is 23.2 Å². The first-order valence-corrected chi connectivity index (χ1v) is 9.14. The Hall–Kier alpha value is -1.90. The zero-order chi connectivity index (χ0) is 18.8. The van der Waals surface area contributed by atoms with E-state index in [0.29, 0.717) is 11.0 Å². The fourth-order valence-electron chi connectivity index (χ4n) is 2.29. The number of benzene rings is 1. The predicted molar refractivity (Wildman–Crippen MR) is 101 cm³/mol. The average molecular weight is 461 g/mol. The second kappa shape index (κ2) is 7.77. The van der Waals surface area contributed by atoms with Crippen molar-refractivity contribution in [2.24, 2.45) is 0 Å². The number of halogens is 4. The molecule has 0 aliphatic carbocycles. The third-order valence-corrected chi connectivity index (χ3v) is 4.80. The van der Waals surface area contributed by atoms with Crippen LogP contribution in [0.25, 0.3) is 0 Å². The number of amides is 1. The number of hydrogen-bond donors (Lipinski definition) is 1. The molecule has 1 N–H and O–H groups in total. The minimum Gasteiger partial charge on any atom is -0.302 e. The Bertz CT molecular complexity index is 951. The topological polar surface area (TPSA) is 64.7 Å². The van der Waals surface area contributed by atoms with E-state index in [-0.39, 0.29) is 33.7 Å². The number of hydrogen-bond acceptors (Lipinski definition) is 3. The standard InChI is InChI=1S/C16H13BrCl2FN5O/c1-2-24-7-10(17)14(22-24)16(26)21-15-12(19)8-25(23-15)6-9-11(18)4-3-5-13(9)20/h3-5,7-8H,2,6H2,1H3,(H,21,23,26). The van der Waals surface area contributed by atoms with E-state index in [0.717, 1.165) is 0 Å². The molecule has 136 valence electrons. The minimum atomic E-state index is -0.458. The molecule has 0 aliphatic rings. The quantitative estimate of drug-likeness (QED) is 0.604. The third kappa shape index (κ3) is 3.92. The summed E-state index contributed by atoms with van der Waals surface area (Å²) in [5.41, 5.74) is 0.505. The number of aromatic nitrogens is 4. The van der Waals surface area contributed by atoms with Crippen molar-refractivity contribution in [3.8, 4) is 0 Å². The van der Waals surface area contributed by atoms with E-state index in [1.807, 2.05) is 6.92 Å². The molecule has 0 saturated carbocycles. The van der Waals surface area contributed by atoms with Gasteiger partial charge in [-0.2, -0.15) is 10.2 Å². The van der Waals surface area contributed by atoms with Crippen LogP contribution in [-0.4, -0.2) is 25.5 Å². The van der Waals surface area contributed by atoms with E-state index in [1.165, 1.54) is 23.0 Å². The van der Waals surface area contributed by atoms with Gasteiger partial charge in [0.2, 0.25) is 0 Å². The van der Waals surface area contributed by atoms with Crippen molar-refractivity contribution in [1.82, 2.24) is 19.6 Å². The van der Waals surface area contributed by atoms with E-state index in [1.54, 1.807) is 16.9 Å². The summed E-state index contributed by atoms with van der Waals surface area (Å²) in [6, 6.07) is 4.43. The van der Waals surface area contributed by atoms with Crippen LogP contribution in [0.5, 0.6) is 0 Å². The first kappa shape index (κ1) is 18.9. The number of rotatable bonds is 5. The molecule has 2 aromatic heterocycles. The monoisotopic (exact) mass is 459 g/mol.